The van der Waals surface area contributed by atoms with Crippen LogP contribution in [0.2, 0.25) is 0 Å². The number of nitrogens with one attached hydrogen (secondary N) is 2. The summed E-state index contributed by atoms with van der Waals surface area (Å²) in [6, 6.07) is 13.6. The molecule has 2 amide bonds. The minimum Gasteiger partial charge on any atom is -0.341 e. The molecule has 0 aliphatic carbocycles. The highest BCUT2D eigenvalue weighted by atomic mass is 16.2. The Labute approximate surface area is 150 Å². The van der Waals surface area contributed by atoms with Gasteiger partial charge in [-0.2, -0.15) is 0 Å². The lowest BCUT2D eigenvalue weighted by atomic mass is 10.1. The number of tetrazole rings is 1. The van der Waals surface area contributed by atoms with Gasteiger partial charge in [-0.15, -0.1) is 5.10 Å². The fourth-order valence-electron chi connectivity index (χ4n) is 2.36. The quantitative estimate of drug-likeness (QED) is 0.730. The summed E-state index contributed by atoms with van der Waals surface area (Å²) in [4.78, 5) is 24.5. The summed E-state index contributed by atoms with van der Waals surface area (Å²) in [5.74, 6) is -0.591. The zero-order valence-corrected chi connectivity index (χ0v) is 14.4. The molecule has 0 unspecified atom stereocenters. The molecule has 26 heavy (non-hydrogen) atoms. The molecule has 0 fully saturated rings. The smallest absolute Gasteiger partial charge is 0.251 e. The van der Waals surface area contributed by atoms with Crippen LogP contribution in [0.25, 0.3) is 5.69 Å². The number of rotatable bonds is 5. The predicted octanol–water partition coefficient (Wildman–Crippen LogP) is 1.73. The zero-order valence-electron chi connectivity index (χ0n) is 14.4. The Hall–Kier alpha value is -3.55. The molecule has 2 N–H and O–H groups in total. The lowest BCUT2D eigenvalue weighted by molar-refractivity contribution is -0.117. The van der Waals surface area contributed by atoms with Gasteiger partial charge in [0.25, 0.3) is 5.91 Å². The van der Waals surface area contributed by atoms with Gasteiger partial charge in [-0.25, -0.2) is 4.68 Å². The lowest BCUT2D eigenvalue weighted by Crippen LogP contribution is -2.41. The average Bonchev–Trinajstić information content (AvgIpc) is 3.17. The third-order valence-electron chi connectivity index (χ3n) is 3.77. The van der Waals surface area contributed by atoms with E-state index in [1.54, 1.807) is 49.4 Å². The Kier molecular flexibility index (Phi) is 5.02. The van der Waals surface area contributed by atoms with E-state index >= 15 is 0 Å². The van der Waals surface area contributed by atoms with Crippen LogP contribution in [0.4, 0.5) is 5.69 Å². The van der Waals surface area contributed by atoms with Crippen molar-refractivity contribution < 1.29 is 9.59 Å². The van der Waals surface area contributed by atoms with Crippen LogP contribution in [0.3, 0.4) is 0 Å². The Morgan fingerprint density at radius 1 is 1.12 bits per heavy atom. The number of amides is 2. The number of anilines is 1. The summed E-state index contributed by atoms with van der Waals surface area (Å²) >= 11 is 0. The van der Waals surface area contributed by atoms with E-state index in [2.05, 4.69) is 26.2 Å². The van der Waals surface area contributed by atoms with Crippen LogP contribution in [0.15, 0.2) is 54.9 Å². The van der Waals surface area contributed by atoms with Gasteiger partial charge in [0.2, 0.25) is 5.91 Å². The monoisotopic (exact) mass is 350 g/mol. The third kappa shape index (κ3) is 4.10. The van der Waals surface area contributed by atoms with E-state index in [1.165, 1.54) is 11.0 Å². The molecule has 0 aliphatic rings. The standard InChI is InChI=1S/C18H18N6O2/c1-12-4-3-5-14(10-12)18(26)20-13(2)17(25)21-15-6-8-16(9-7-15)24-11-19-22-23-24/h3-11,13H,1-2H3,(H,20,26)(H,21,25)/t13-/m1/s1. The van der Waals surface area contributed by atoms with Gasteiger partial charge in [-0.1, -0.05) is 17.7 Å². The van der Waals surface area contributed by atoms with Crippen molar-refractivity contribution in [2.24, 2.45) is 0 Å². The van der Waals surface area contributed by atoms with Crippen molar-refractivity contribution in [3.63, 3.8) is 0 Å². The van der Waals surface area contributed by atoms with E-state index in [0.717, 1.165) is 11.3 Å². The van der Waals surface area contributed by atoms with Crippen molar-refractivity contribution in [1.29, 1.82) is 0 Å². The van der Waals surface area contributed by atoms with E-state index < -0.39 is 6.04 Å². The Morgan fingerprint density at radius 2 is 1.88 bits per heavy atom. The molecule has 132 valence electrons. The topological polar surface area (TPSA) is 102 Å². The highest BCUT2D eigenvalue weighted by Gasteiger charge is 2.17. The molecule has 0 radical (unpaired) electrons. The van der Waals surface area contributed by atoms with E-state index in [9.17, 15) is 9.59 Å². The minimum atomic E-state index is -0.679. The van der Waals surface area contributed by atoms with Crippen molar-refractivity contribution >= 4 is 17.5 Å². The summed E-state index contributed by atoms with van der Waals surface area (Å²) in [5.41, 5.74) is 2.89. The van der Waals surface area contributed by atoms with Crippen LogP contribution in [0.5, 0.6) is 0 Å². The first-order valence-electron chi connectivity index (χ1n) is 8.05. The molecule has 0 spiro atoms. The summed E-state index contributed by atoms with van der Waals surface area (Å²) in [6.45, 7) is 3.55. The number of carbonyl (C=O) groups excluding carboxylic acids is 2. The third-order valence-corrected chi connectivity index (χ3v) is 3.77. The first kappa shape index (κ1) is 17.3. The number of benzene rings is 2. The van der Waals surface area contributed by atoms with Crippen LogP contribution in [0.1, 0.15) is 22.8 Å². The molecule has 1 aromatic heterocycles. The molecule has 2 aromatic carbocycles. The lowest BCUT2D eigenvalue weighted by Gasteiger charge is -2.14. The molecule has 0 aliphatic heterocycles. The molecule has 8 heteroatoms. The summed E-state index contributed by atoms with van der Waals surface area (Å²) in [7, 11) is 0. The molecule has 0 saturated heterocycles. The highest BCUT2D eigenvalue weighted by Crippen LogP contribution is 2.12. The van der Waals surface area contributed by atoms with Crippen LogP contribution in [0, 0.1) is 6.92 Å². The molecule has 1 heterocycles. The van der Waals surface area contributed by atoms with Gasteiger partial charge in [0.05, 0.1) is 5.69 Å². The van der Waals surface area contributed by atoms with Crippen LogP contribution < -0.4 is 10.6 Å². The molecule has 0 bridgehead atoms. The highest BCUT2D eigenvalue weighted by molar-refractivity contribution is 6.01. The number of aromatic nitrogens is 4. The molecular formula is C18H18N6O2. The maximum atomic E-state index is 12.3. The van der Waals surface area contributed by atoms with Gasteiger partial charge in [0.15, 0.2) is 0 Å². The van der Waals surface area contributed by atoms with Gasteiger partial charge in [-0.3, -0.25) is 9.59 Å². The van der Waals surface area contributed by atoms with Crippen molar-refractivity contribution in [1.82, 2.24) is 25.5 Å². The van der Waals surface area contributed by atoms with Crippen molar-refractivity contribution in [2.45, 2.75) is 19.9 Å². The minimum absolute atomic E-state index is 0.287. The van der Waals surface area contributed by atoms with E-state index in [4.69, 9.17) is 0 Å². The predicted molar refractivity (Wildman–Crippen MR) is 95.9 cm³/mol. The number of hydrogen-bond donors (Lipinski definition) is 2. The summed E-state index contributed by atoms with van der Waals surface area (Å²) in [5, 5.41) is 16.4. The molecule has 8 nitrogen and oxygen atoms in total. The van der Waals surface area contributed by atoms with Crippen molar-refractivity contribution in [2.75, 3.05) is 5.32 Å². The second-order valence-corrected chi connectivity index (χ2v) is 5.86. The van der Waals surface area contributed by atoms with Gasteiger partial charge >= 0.3 is 0 Å². The average molecular weight is 350 g/mol. The fourth-order valence-corrected chi connectivity index (χ4v) is 2.36. The van der Waals surface area contributed by atoms with Crippen molar-refractivity contribution in [3.05, 3.63) is 66.0 Å². The first-order chi connectivity index (χ1) is 12.5. The van der Waals surface area contributed by atoms with Crippen LogP contribution >= 0.6 is 0 Å². The molecule has 1 atom stereocenters. The molecule has 0 saturated carbocycles. The SMILES string of the molecule is Cc1cccc(C(=O)N[C@H](C)C(=O)Nc2ccc(-n3cnnn3)cc2)c1. The fraction of sp³-hybridized carbons (Fsp3) is 0.167. The number of nitrogens with zero attached hydrogens (tertiary/aromatic N) is 4. The van der Waals surface area contributed by atoms with Crippen LogP contribution in [-0.4, -0.2) is 38.1 Å². The Morgan fingerprint density at radius 3 is 2.54 bits per heavy atom. The molecule has 3 rings (SSSR count). The zero-order chi connectivity index (χ0) is 18.5. The van der Waals surface area contributed by atoms with Gasteiger partial charge in [0, 0.05) is 11.3 Å². The number of aryl methyl sites for hydroxylation is 1. The molecular weight excluding hydrogens is 332 g/mol. The number of hydrogen-bond acceptors (Lipinski definition) is 5. The summed E-state index contributed by atoms with van der Waals surface area (Å²) < 4.78 is 1.51. The molecule has 3 aromatic rings. The van der Waals surface area contributed by atoms with Crippen molar-refractivity contribution in [3.8, 4) is 5.69 Å². The Balaban J connectivity index is 1.59. The van der Waals surface area contributed by atoms with E-state index in [-0.39, 0.29) is 11.8 Å². The first-order valence-corrected chi connectivity index (χ1v) is 8.05. The van der Waals surface area contributed by atoms with E-state index in [0.29, 0.717) is 11.3 Å². The van der Waals surface area contributed by atoms with Gasteiger partial charge in [-0.05, 0) is 60.7 Å². The second-order valence-electron chi connectivity index (χ2n) is 5.86. The Bertz CT molecular complexity index is 906. The number of carbonyl (C=O) groups is 2. The maximum absolute atomic E-state index is 12.3. The van der Waals surface area contributed by atoms with Gasteiger partial charge in [0.1, 0.15) is 12.4 Å². The normalized spacial score (nSPS) is 11.6. The largest absolute Gasteiger partial charge is 0.341 e. The maximum Gasteiger partial charge on any atom is 0.251 e. The van der Waals surface area contributed by atoms with Gasteiger partial charge < -0.3 is 10.6 Å². The van der Waals surface area contributed by atoms with Crippen LogP contribution in [-0.2, 0) is 4.79 Å². The van der Waals surface area contributed by atoms with E-state index in [1.807, 2.05) is 13.0 Å². The second kappa shape index (κ2) is 7.56. The summed E-state index contributed by atoms with van der Waals surface area (Å²) in [6.07, 6.45) is 1.48.